The number of carbonyl (C=O) groups excluding carboxylic acids is 2. The van der Waals surface area contributed by atoms with Gasteiger partial charge in [0.15, 0.2) is 0 Å². The van der Waals surface area contributed by atoms with Crippen LogP contribution in [-0.4, -0.2) is 87.3 Å². The van der Waals surface area contributed by atoms with E-state index in [0.717, 1.165) is 56.7 Å². The Morgan fingerprint density at radius 2 is 1.66 bits per heavy atom. The van der Waals surface area contributed by atoms with Gasteiger partial charge in [0.2, 0.25) is 11.8 Å². The second-order valence-corrected chi connectivity index (χ2v) is 12.6. The van der Waals surface area contributed by atoms with Gasteiger partial charge in [-0.1, -0.05) is 13.8 Å². The van der Waals surface area contributed by atoms with Gasteiger partial charge in [0.1, 0.15) is 5.56 Å². The number of ether oxygens (including phenoxy) is 1. The monoisotopic (exact) mass is 529 g/mol. The van der Waals surface area contributed by atoms with Gasteiger partial charge >= 0.3 is 5.97 Å². The number of nitrogens with zero attached hydrogens (tertiary/aromatic N) is 4. The fraction of sp³-hybridized carbons (Fsp3) is 0.786. The Morgan fingerprint density at radius 3 is 2.24 bits per heavy atom. The van der Waals surface area contributed by atoms with Crippen LogP contribution in [0.25, 0.3) is 0 Å². The number of piperazine rings is 1. The molecular formula is C28H43N5O5. The number of carboxylic acids is 1. The number of aliphatic carboxylic acids is 1. The Morgan fingerprint density at radius 1 is 1.03 bits per heavy atom. The summed E-state index contributed by atoms with van der Waals surface area (Å²) in [6, 6.07) is 0. The highest BCUT2D eigenvalue weighted by Gasteiger charge is 2.51. The summed E-state index contributed by atoms with van der Waals surface area (Å²) >= 11 is 0. The molecule has 6 rings (SSSR count). The molecule has 1 aliphatic heterocycles. The van der Waals surface area contributed by atoms with Crippen molar-refractivity contribution in [3.8, 4) is 5.88 Å². The van der Waals surface area contributed by atoms with Crippen LogP contribution in [0.5, 0.6) is 5.88 Å². The summed E-state index contributed by atoms with van der Waals surface area (Å²) in [5.41, 5.74) is 0.459. The highest BCUT2D eigenvalue weighted by molar-refractivity contribution is 5.96. The zero-order valence-corrected chi connectivity index (χ0v) is 22.9. The number of hydrogen-bond acceptors (Lipinski definition) is 6. The average molecular weight is 530 g/mol. The maximum absolute atomic E-state index is 13.6. The van der Waals surface area contributed by atoms with Crippen LogP contribution in [0.2, 0.25) is 0 Å². The van der Waals surface area contributed by atoms with Crippen LogP contribution in [0.1, 0.15) is 75.6 Å². The predicted molar refractivity (Wildman–Crippen MR) is 141 cm³/mol. The van der Waals surface area contributed by atoms with Gasteiger partial charge in [-0.3, -0.25) is 19.3 Å². The summed E-state index contributed by atoms with van der Waals surface area (Å²) in [6.07, 6.45) is 8.89. The van der Waals surface area contributed by atoms with Gasteiger partial charge < -0.3 is 20.1 Å². The topological polar surface area (TPSA) is 117 Å². The first-order chi connectivity index (χ1) is 18.2. The zero-order valence-electron chi connectivity index (χ0n) is 22.9. The zero-order chi connectivity index (χ0) is 26.9. The second-order valence-electron chi connectivity index (χ2n) is 12.6. The molecule has 1 saturated heterocycles. The molecule has 38 heavy (non-hydrogen) atoms. The molecule has 4 aliphatic carbocycles. The molecule has 0 unspecified atom stereocenters. The van der Waals surface area contributed by atoms with Crippen LogP contribution in [0.4, 0.5) is 0 Å². The lowest BCUT2D eigenvalue weighted by Gasteiger charge is -2.56. The van der Waals surface area contributed by atoms with Crippen molar-refractivity contribution in [2.45, 2.75) is 77.3 Å². The van der Waals surface area contributed by atoms with Gasteiger partial charge in [-0.25, -0.2) is 4.68 Å². The van der Waals surface area contributed by atoms with E-state index in [1.807, 2.05) is 0 Å². The Labute approximate surface area is 225 Å². The highest BCUT2D eigenvalue weighted by Crippen LogP contribution is 2.55. The molecule has 210 valence electrons. The lowest BCUT2D eigenvalue weighted by Crippen LogP contribution is -2.59. The van der Waals surface area contributed by atoms with Crippen molar-refractivity contribution in [2.24, 2.45) is 23.7 Å². The molecule has 0 atom stereocenters. The van der Waals surface area contributed by atoms with Gasteiger partial charge in [0.25, 0.3) is 5.91 Å². The Bertz CT molecular complexity index is 994. The van der Waals surface area contributed by atoms with E-state index < -0.39 is 5.97 Å². The molecule has 0 aromatic carbocycles. The Kier molecular flexibility index (Phi) is 7.98. The first-order valence-corrected chi connectivity index (χ1v) is 14.4. The van der Waals surface area contributed by atoms with Crippen LogP contribution < -0.4 is 10.1 Å². The number of hydrogen-bond donors (Lipinski definition) is 2. The van der Waals surface area contributed by atoms with E-state index >= 15 is 0 Å². The smallest absolute Gasteiger partial charge is 0.303 e. The highest BCUT2D eigenvalue weighted by atomic mass is 16.5. The maximum Gasteiger partial charge on any atom is 0.303 e. The van der Waals surface area contributed by atoms with Gasteiger partial charge in [0, 0.05) is 44.7 Å². The van der Waals surface area contributed by atoms with E-state index in [-0.39, 0.29) is 30.2 Å². The van der Waals surface area contributed by atoms with Crippen LogP contribution in [0.3, 0.4) is 0 Å². The van der Waals surface area contributed by atoms with Gasteiger partial charge in [0.05, 0.1) is 25.8 Å². The summed E-state index contributed by atoms with van der Waals surface area (Å²) < 4.78 is 7.97. The third kappa shape index (κ3) is 6.16. The van der Waals surface area contributed by atoms with Crippen LogP contribution in [0, 0.1) is 23.7 Å². The number of aromatic nitrogens is 2. The molecule has 2 N–H and O–H groups in total. The molecule has 1 aromatic heterocycles. The van der Waals surface area contributed by atoms with Gasteiger partial charge in [-0.2, -0.15) is 5.10 Å². The van der Waals surface area contributed by atoms with E-state index in [0.29, 0.717) is 43.6 Å². The Balaban J connectivity index is 1.19. The predicted octanol–water partition coefficient (Wildman–Crippen LogP) is 2.63. The first-order valence-electron chi connectivity index (χ1n) is 14.4. The van der Waals surface area contributed by atoms with Crippen molar-refractivity contribution in [3.05, 3.63) is 11.8 Å². The fourth-order valence-electron chi connectivity index (χ4n) is 7.49. The van der Waals surface area contributed by atoms with Crippen molar-refractivity contribution in [1.82, 2.24) is 24.9 Å². The summed E-state index contributed by atoms with van der Waals surface area (Å²) in [5, 5.41) is 16.8. The molecule has 0 radical (unpaired) electrons. The summed E-state index contributed by atoms with van der Waals surface area (Å²) in [4.78, 5) is 40.6. The fourth-order valence-corrected chi connectivity index (χ4v) is 7.49. The number of carbonyl (C=O) groups is 3. The van der Waals surface area contributed by atoms with E-state index in [1.165, 1.54) is 19.3 Å². The first kappa shape index (κ1) is 27.0. The van der Waals surface area contributed by atoms with Gasteiger partial charge in [-0.05, 0) is 62.2 Å². The molecule has 5 aliphatic rings. The molecule has 5 fully saturated rings. The lowest BCUT2D eigenvalue weighted by molar-refractivity contribution is -0.141. The van der Waals surface area contributed by atoms with Crippen molar-refractivity contribution < 1.29 is 24.2 Å². The van der Waals surface area contributed by atoms with Crippen LogP contribution in [0.15, 0.2) is 6.20 Å². The van der Waals surface area contributed by atoms with E-state index in [2.05, 4.69) is 29.2 Å². The second kappa shape index (κ2) is 11.2. The minimum absolute atomic E-state index is 0.0489. The summed E-state index contributed by atoms with van der Waals surface area (Å²) in [5.74, 6) is 2.03. The number of amides is 2. The quantitative estimate of drug-likeness (QED) is 0.453. The molecule has 4 saturated carbocycles. The van der Waals surface area contributed by atoms with Crippen molar-refractivity contribution in [3.63, 3.8) is 0 Å². The number of carboxylic acid groups (broad SMARTS) is 1. The molecule has 0 spiro atoms. The van der Waals surface area contributed by atoms with Crippen molar-refractivity contribution in [1.29, 1.82) is 0 Å². The standard InChI is InChI=1S/C28H43N5O5/c1-19(2)18-38-27-23(26(37)30-28-14-20-11-21(15-28)13-22(12-20)16-28)17-29-33(27)10-7-31-5-8-32(9-6-31)24(34)3-4-25(35)36/h17,19-22H,3-16,18H2,1-2H3,(H,30,37)(H,35,36). The largest absolute Gasteiger partial charge is 0.481 e. The SMILES string of the molecule is CC(C)COc1c(C(=O)NC23CC4CC(CC(C4)C2)C3)cnn1CCN1CCN(C(=O)CCC(=O)O)CC1. The lowest BCUT2D eigenvalue weighted by atomic mass is 9.53. The van der Waals surface area contributed by atoms with E-state index in [1.54, 1.807) is 15.8 Å². The molecule has 1 aromatic rings. The third-order valence-corrected chi connectivity index (χ3v) is 8.91. The minimum Gasteiger partial charge on any atom is -0.481 e. The summed E-state index contributed by atoms with van der Waals surface area (Å²) in [7, 11) is 0. The van der Waals surface area contributed by atoms with Crippen molar-refractivity contribution in [2.75, 3.05) is 39.3 Å². The average Bonchev–Trinajstić information content (AvgIpc) is 3.27. The Hall–Kier alpha value is -2.62. The van der Waals surface area contributed by atoms with Crippen LogP contribution >= 0.6 is 0 Å². The minimum atomic E-state index is -0.947. The molecular weight excluding hydrogens is 486 g/mol. The van der Waals surface area contributed by atoms with Gasteiger partial charge in [-0.15, -0.1) is 0 Å². The van der Waals surface area contributed by atoms with E-state index in [4.69, 9.17) is 9.84 Å². The molecule has 2 amide bonds. The third-order valence-electron chi connectivity index (χ3n) is 8.91. The molecule has 4 bridgehead atoms. The summed E-state index contributed by atoms with van der Waals surface area (Å²) in [6.45, 7) is 8.64. The van der Waals surface area contributed by atoms with Crippen molar-refractivity contribution >= 4 is 17.8 Å². The normalized spacial score (nSPS) is 28.6. The molecule has 10 heteroatoms. The maximum atomic E-state index is 13.6. The van der Waals surface area contributed by atoms with E-state index in [9.17, 15) is 14.4 Å². The molecule has 2 heterocycles. The van der Waals surface area contributed by atoms with Crippen LogP contribution in [-0.2, 0) is 16.1 Å². The number of rotatable bonds is 11. The number of nitrogens with one attached hydrogen (secondary N) is 1. The molecule has 10 nitrogen and oxygen atoms in total.